The van der Waals surface area contributed by atoms with Crippen molar-refractivity contribution in [3.05, 3.63) is 12.7 Å². The summed E-state index contributed by atoms with van der Waals surface area (Å²) in [6, 6.07) is 0. The summed E-state index contributed by atoms with van der Waals surface area (Å²) in [5, 5.41) is 0. The standard InChI is InChI=1S/C7H12O3/c1-4-5-6(2)10-7(8)9-3/h4,6H,1,5H2,2-3H3. The minimum Gasteiger partial charge on any atom is -0.438 e. The SMILES string of the molecule is C=CCC(C)OC(=O)OC. The summed E-state index contributed by atoms with van der Waals surface area (Å²) < 4.78 is 8.98. The van der Waals surface area contributed by atoms with Gasteiger partial charge in [0.25, 0.3) is 0 Å². The van der Waals surface area contributed by atoms with Gasteiger partial charge in [-0.25, -0.2) is 4.79 Å². The molecule has 0 aliphatic rings. The molecule has 0 bridgehead atoms. The van der Waals surface area contributed by atoms with Crippen LogP contribution in [0.15, 0.2) is 12.7 Å². The number of carbonyl (C=O) groups excluding carboxylic acids is 1. The zero-order valence-electron chi connectivity index (χ0n) is 6.29. The van der Waals surface area contributed by atoms with E-state index in [1.54, 1.807) is 13.0 Å². The summed E-state index contributed by atoms with van der Waals surface area (Å²) >= 11 is 0. The number of hydrogen-bond acceptors (Lipinski definition) is 3. The summed E-state index contributed by atoms with van der Waals surface area (Å²) in [6.45, 7) is 5.28. The molecule has 58 valence electrons. The Balaban J connectivity index is 3.46. The molecule has 0 N–H and O–H groups in total. The van der Waals surface area contributed by atoms with E-state index in [0.29, 0.717) is 6.42 Å². The van der Waals surface area contributed by atoms with E-state index in [2.05, 4.69) is 11.3 Å². The van der Waals surface area contributed by atoms with Gasteiger partial charge < -0.3 is 9.47 Å². The van der Waals surface area contributed by atoms with Crippen LogP contribution in [0.2, 0.25) is 0 Å². The minimum absolute atomic E-state index is 0.148. The lowest BCUT2D eigenvalue weighted by Gasteiger charge is -2.08. The molecule has 3 nitrogen and oxygen atoms in total. The Morgan fingerprint density at radius 3 is 2.80 bits per heavy atom. The van der Waals surface area contributed by atoms with Crippen LogP contribution >= 0.6 is 0 Å². The molecule has 0 aromatic carbocycles. The maximum absolute atomic E-state index is 10.4. The van der Waals surface area contributed by atoms with E-state index < -0.39 is 6.16 Å². The van der Waals surface area contributed by atoms with Gasteiger partial charge in [0.2, 0.25) is 0 Å². The van der Waals surface area contributed by atoms with Crippen molar-refractivity contribution in [3.63, 3.8) is 0 Å². The van der Waals surface area contributed by atoms with Crippen LogP contribution in [-0.4, -0.2) is 19.4 Å². The largest absolute Gasteiger partial charge is 0.508 e. The fourth-order valence-corrected chi connectivity index (χ4v) is 0.495. The molecule has 0 rings (SSSR count). The Kier molecular flexibility index (Phi) is 4.37. The van der Waals surface area contributed by atoms with Gasteiger partial charge in [0.05, 0.1) is 7.11 Å². The van der Waals surface area contributed by atoms with Crippen LogP contribution < -0.4 is 0 Å². The van der Waals surface area contributed by atoms with E-state index >= 15 is 0 Å². The highest BCUT2D eigenvalue weighted by molar-refractivity contribution is 5.59. The highest BCUT2D eigenvalue weighted by atomic mass is 16.7. The highest BCUT2D eigenvalue weighted by Crippen LogP contribution is 1.98. The Hall–Kier alpha value is -0.990. The summed E-state index contributed by atoms with van der Waals surface area (Å²) in [6.07, 6.45) is 1.54. The molecule has 0 aliphatic carbocycles. The summed E-state index contributed by atoms with van der Waals surface area (Å²) in [5.41, 5.74) is 0. The van der Waals surface area contributed by atoms with Gasteiger partial charge >= 0.3 is 6.16 Å². The number of rotatable bonds is 3. The molecule has 0 fully saturated rings. The van der Waals surface area contributed by atoms with E-state index in [4.69, 9.17) is 4.74 Å². The second kappa shape index (κ2) is 4.85. The lowest BCUT2D eigenvalue weighted by molar-refractivity contribution is 0.0445. The molecule has 0 aliphatic heterocycles. The second-order valence-corrected chi connectivity index (χ2v) is 1.91. The summed E-state index contributed by atoms with van der Waals surface area (Å²) in [5.74, 6) is 0. The Labute approximate surface area is 60.6 Å². The van der Waals surface area contributed by atoms with Crippen molar-refractivity contribution in [2.24, 2.45) is 0 Å². The molecule has 10 heavy (non-hydrogen) atoms. The highest BCUT2D eigenvalue weighted by Gasteiger charge is 2.05. The number of methoxy groups -OCH3 is 1. The monoisotopic (exact) mass is 144 g/mol. The third-order valence-corrected chi connectivity index (χ3v) is 0.963. The quantitative estimate of drug-likeness (QED) is 0.447. The fourth-order valence-electron chi connectivity index (χ4n) is 0.495. The molecule has 0 saturated heterocycles. The van der Waals surface area contributed by atoms with Crippen molar-refractivity contribution in [2.75, 3.05) is 7.11 Å². The van der Waals surface area contributed by atoms with Crippen LogP contribution in [0.1, 0.15) is 13.3 Å². The third-order valence-electron chi connectivity index (χ3n) is 0.963. The Morgan fingerprint density at radius 2 is 2.40 bits per heavy atom. The van der Waals surface area contributed by atoms with E-state index in [1.807, 2.05) is 0 Å². The van der Waals surface area contributed by atoms with Crippen LogP contribution in [0, 0.1) is 0 Å². The smallest absolute Gasteiger partial charge is 0.438 e. The molecule has 0 aromatic heterocycles. The van der Waals surface area contributed by atoms with Gasteiger partial charge in [-0.2, -0.15) is 0 Å². The normalized spacial score (nSPS) is 11.8. The van der Waals surface area contributed by atoms with Gasteiger partial charge in [-0.3, -0.25) is 0 Å². The average molecular weight is 144 g/mol. The maximum Gasteiger partial charge on any atom is 0.508 e. The molecule has 0 spiro atoms. The molecule has 0 saturated carbocycles. The first kappa shape index (κ1) is 9.01. The Bertz CT molecular complexity index is 120. The van der Waals surface area contributed by atoms with Crippen molar-refractivity contribution in [1.82, 2.24) is 0 Å². The van der Waals surface area contributed by atoms with Crippen molar-refractivity contribution >= 4 is 6.16 Å². The average Bonchev–Trinajstić information content (AvgIpc) is 1.88. The van der Waals surface area contributed by atoms with Crippen molar-refractivity contribution in [3.8, 4) is 0 Å². The first-order valence-corrected chi connectivity index (χ1v) is 3.06. The molecule has 0 amide bonds. The van der Waals surface area contributed by atoms with Gasteiger partial charge in [0.1, 0.15) is 6.10 Å². The predicted molar refractivity (Wildman–Crippen MR) is 37.8 cm³/mol. The summed E-state index contributed by atoms with van der Waals surface area (Å²) in [4.78, 5) is 10.4. The molecular formula is C7H12O3. The zero-order chi connectivity index (χ0) is 7.98. The van der Waals surface area contributed by atoms with Crippen LogP contribution in [0.3, 0.4) is 0 Å². The van der Waals surface area contributed by atoms with Crippen molar-refractivity contribution in [1.29, 1.82) is 0 Å². The molecular weight excluding hydrogens is 132 g/mol. The van der Waals surface area contributed by atoms with E-state index in [1.165, 1.54) is 7.11 Å². The van der Waals surface area contributed by atoms with Crippen molar-refractivity contribution in [2.45, 2.75) is 19.4 Å². The molecule has 0 radical (unpaired) electrons. The molecule has 0 aromatic rings. The molecule has 3 heteroatoms. The van der Waals surface area contributed by atoms with Crippen LogP contribution in [-0.2, 0) is 9.47 Å². The van der Waals surface area contributed by atoms with Crippen molar-refractivity contribution < 1.29 is 14.3 Å². The first-order chi connectivity index (χ1) is 4.70. The van der Waals surface area contributed by atoms with E-state index in [0.717, 1.165) is 0 Å². The maximum atomic E-state index is 10.4. The lowest BCUT2D eigenvalue weighted by Crippen LogP contribution is -2.13. The van der Waals surface area contributed by atoms with Gasteiger partial charge in [-0.05, 0) is 6.92 Å². The molecule has 1 unspecified atom stereocenters. The van der Waals surface area contributed by atoms with E-state index in [9.17, 15) is 4.79 Å². The van der Waals surface area contributed by atoms with Gasteiger partial charge in [-0.1, -0.05) is 6.08 Å². The number of carbonyl (C=O) groups is 1. The third kappa shape index (κ3) is 3.95. The van der Waals surface area contributed by atoms with Crippen LogP contribution in [0.25, 0.3) is 0 Å². The topological polar surface area (TPSA) is 35.5 Å². The first-order valence-electron chi connectivity index (χ1n) is 3.06. The Morgan fingerprint density at radius 1 is 1.80 bits per heavy atom. The summed E-state index contributed by atoms with van der Waals surface area (Å²) in [7, 11) is 1.28. The zero-order valence-corrected chi connectivity index (χ0v) is 6.29. The molecule has 1 atom stereocenters. The number of hydrogen-bond donors (Lipinski definition) is 0. The fraction of sp³-hybridized carbons (Fsp3) is 0.571. The predicted octanol–water partition coefficient (Wildman–Crippen LogP) is 1.73. The van der Waals surface area contributed by atoms with Gasteiger partial charge in [0.15, 0.2) is 0 Å². The second-order valence-electron chi connectivity index (χ2n) is 1.91. The van der Waals surface area contributed by atoms with Crippen LogP contribution in [0.4, 0.5) is 4.79 Å². The molecule has 0 heterocycles. The number of ether oxygens (including phenoxy) is 2. The van der Waals surface area contributed by atoms with Gasteiger partial charge in [-0.15, -0.1) is 6.58 Å². The van der Waals surface area contributed by atoms with E-state index in [-0.39, 0.29) is 6.10 Å². The van der Waals surface area contributed by atoms with Crippen LogP contribution in [0.5, 0.6) is 0 Å². The minimum atomic E-state index is -0.644. The lowest BCUT2D eigenvalue weighted by atomic mass is 10.3. The van der Waals surface area contributed by atoms with Gasteiger partial charge in [0, 0.05) is 6.42 Å².